The number of fused-ring (bicyclic) bond motifs is 1. The Balaban J connectivity index is 1.55. The number of rotatable bonds is 6. The summed E-state index contributed by atoms with van der Waals surface area (Å²) in [5, 5.41) is 7.25. The SMILES string of the molecule is CC(C)NC(=O)NCc1ccc(C(=O)OCc2nc3ccsc3c(=O)[nH]2)cc1. The van der Waals surface area contributed by atoms with Crippen LogP contribution in [0.15, 0.2) is 40.5 Å². The summed E-state index contributed by atoms with van der Waals surface area (Å²) in [4.78, 5) is 42.6. The number of nitrogens with one attached hydrogen (secondary N) is 3. The van der Waals surface area contributed by atoms with E-state index in [4.69, 9.17) is 4.74 Å². The fourth-order valence-electron chi connectivity index (χ4n) is 2.46. The van der Waals surface area contributed by atoms with Crippen molar-refractivity contribution in [2.24, 2.45) is 0 Å². The lowest BCUT2D eigenvalue weighted by Crippen LogP contribution is -2.39. The Kier molecular flexibility index (Phi) is 6.05. The molecule has 3 N–H and O–H groups in total. The Bertz CT molecular complexity index is 1040. The molecule has 0 unspecified atom stereocenters. The second-order valence-electron chi connectivity index (χ2n) is 6.40. The molecule has 0 saturated carbocycles. The summed E-state index contributed by atoms with van der Waals surface area (Å²) in [5.74, 6) is -0.230. The molecule has 2 aromatic heterocycles. The van der Waals surface area contributed by atoms with Gasteiger partial charge in [-0.25, -0.2) is 14.6 Å². The molecule has 146 valence electrons. The number of nitrogens with zero attached hydrogens (tertiary/aromatic N) is 1. The second kappa shape index (κ2) is 8.66. The first kappa shape index (κ1) is 19.6. The molecule has 0 fully saturated rings. The fourth-order valence-corrected chi connectivity index (χ4v) is 3.19. The minimum atomic E-state index is -0.523. The predicted molar refractivity (Wildman–Crippen MR) is 106 cm³/mol. The quantitative estimate of drug-likeness (QED) is 0.551. The Morgan fingerprint density at radius 3 is 2.68 bits per heavy atom. The van der Waals surface area contributed by atoms with E-state index >= 15 is 0 Å². The highest BCUT2D eigenvalue weighted by molar-refractivity contribution is 7.17. The van der Waals surface area contributed by atoms with Crippen LogP contribution in [0.1, 0.15) is 35.6 Å². The number of thiophene rings is 1. The summed E-state index contributed by atoms with van der Waals surface area (Å²) in [6.45, 7) is 3.98. The van der Waals surface area contributed by atoms with Gasteiger partial charge in [0.15, 0.2) is 0 Å². The van der Waals surface area contributed by atoms with Crippen LogP contribution in [-0.2, 0) is 17.9 Å². The summed E-state index contributed by atoms with van der Waals surface area (Å²) in [7, 11) is 0. The second-order valence-corrected chi connectivity index (χ2v) is 7.32. The molecule has 2 amide bonds. The highest BCUT2D eigenvalue weighted by Gasteiger charge is 2.10. The maximum atomic E-state index is 12.2. The number of H-pyrrole nitrogens is 1. The number of aromatic nitrogens is 2. The van der Waals surface area contributed by atoms with Crippen molar-refractivity contribution in [3.63, 3.8) is 0 Å². The molecule has 3 aromatic rings. The summed E-state index contributed by atoms with van der Waals surface area (Å²) in [6, 6.07) is 8.28. The Morgan fingerprint density at radius 1 is 1.21 bits per heavy atom. The van der Waals surface area contributed by atoms with Crippen molar-refractivity contribution < 1.29 is 14.3 Å². The first-order chi connectivity index (χ1) is 13.4. The van der Waals surface area contributed by atoms with E-state index in [-0.39, 0.29) is 24.2 Å². The van der Waals surface area contributed by atoms with E-state index in [1.54, 1.807) is 35.7 Å². The summed E-state index contributed by atoms with van der Waals surface area (Å²) in [6.07, 6.45) is 0. The molecular formula is C19H20N4O4S. The van der Waals surface area contributed by atoms with E-state index in [1.165, 1.54) is 11.3 Å². The number of carbonyl (C=O) groups excluding carboxylic acids is 2. The minimum Gasteiger partial charge on any atom is -0.454 e. The van der Waals surface area contributed by atoms with Crippen molar-refractivity contribution in [3.05, 3.63) is 63.0 Å². The molecule has 2 heterocycles. The van der Waals surface area contributed by atoms with Crippen molar-refractivity contribution in [2.75, 3.05) is 0 Å². The number of ether oxygens (including phenoxy) is 1. The van der Waals surface area contributed by atoms with E-state index in [2.05, 4.69) is 20.6 Å². The Morgan fingerprint density at radius 2 is 1.96 bits per heavy atom. The molecular weight excluding hydrogens is 380 g/mol. The number of carbonyl (C=O) groups is 2. The van der Waals surface area contributed by atoms with Gasteiger partial charge in [0.1, 0.15) is 17.1 Å². The zero-order chi connectivity index (χ0) is 20.1. The van der Waals surface area contributed by atoms with E-state index in [1.807, 2.05) is 13.8 Å². The van der Waals surface area contributed by atoms with Gasteiger partial charge >= 0.3 is 12.0 Å². The highest BCUT2D eigenvalue weighted by Crippen LogP contribution is 2.14. The Labute approximate surface area is 165 Å². The molecule has 0 atom stereocenters. The summed E-state index contributed by atoms with van der Waals surface area (Å²) < 4.78 is 5.77. The monoisotopic (exact) mass is 400 g/mol. The van der Waals surface area contributed by atoms with Gasteiger partial charge in [0, 0.05) is 12.6 Å². The number of amides is 2. The van der Waals surface area contributed by atoms with Crippen LogP contribution >= 0.6 is 11.3 Å². The van der Waals surface area contributed by atoms with Crippen molar-refractivity contribution in [1.29, 1.82) is 0 Å². The zero-order valence-electron chi connectivity index (χ0n) is 15.4. The molecule has 0 aliphatic rings. The molecule has 28 heavy (non-hydrogen) atoms. The third-order valence-electron chi connectivity index (χ3n) is 3.77. The molecule has 9 heteroatoms. The minimum absolute atomic E-state index is 0.0574. The molecule has 0 saturated heterocycles. The molecule has 0 aliphatic carbocycles. The van der Waals surface area contributed by atoms with Crippen LogP contribution in [0.25, 0.3) is 10.2 Å². The standard InChI is InChI=1S/C19H20N4O4S/c1-11(2)21-19(26)20-9-12-3-5-13(6-4-12)18(25)27-10-15-22-14-7-8-28-16(14)17(24)23-15/h3-8,11H,9-10H2,1-2H3,(H2,20,21,26)(H,22,23,24). The molecule has 0 spiro atoms. The van der Waals surface area contributed by atoms with Gasteiger partial charge in [-0.2, -0.15) is 0 Å². The van der Waals surface area contributed by atoms with Crippen LogP contribution in [0.2, 0.25) is 0 Å². The van der Waals surface area contributed by atoms with Crippen molar-refractivity contribution in [3.8, 4) is 0 Å². The lowest BCUT2D eigenvalue weighted by Gasteiger charge is -2.10. The van der Waals surface area contributed by atoms with Gasteiger partial charge < -0.3 is 20.4 Å². The van der Waals surface area contributed by atoms with Gasteiger partial charge in [0.05, 0.1) is 11.1 Å². The molecule has 0 bridgehead atoms. The zero-order valence-corrected chi connectivity index (χ0v) is 16.3. The average Bonchev–Trinajstić information content (AvgIpc) is 3.13. The highest BCUT2D eigenvalue weighted by atomic mass is 32.1. The van der Waals surface area contributed by atoms with Crippen molar-refractivity contribution >= 4 is 33.6 Å². The van der Waals surface area contributed by atoms with Gasteiger partial charge in [-0.3, -0.25) is 4.79 Å². The van der Waals surface area contributed by atoms with E-state index in [0.717, 1.165) is 5.56 Å². The van der Waals surface area contributed by atoms with Crippen LogP contribution in [-0.4, -0.2) is 28.0 Å². The van der Waals surface area contributed by atoms with E-state index < -0.39 is 5.97 Å². The number of urea groups is 1. The third kappa shape index (κ3) is 4.95. The van der Waals surface area contributed by atoms with Gasteiger partial charge in [-0.1, -0.05) is 12.1 Å². The third-order valence-corrected chi connectivity index (χ3v) is 4.67. The number of esters is 1. The summed E-state index contributed by atoms with van der Waals surface area (Å²) in [5.41, 5.74) is 1.56. The van der Waals surface area contributed by atoms with Crippen LogP contribution < -0.4 is 16.2 Å². The van der Waals surface area contributed by atoms with Gasteiger partial charge in [0.25, 0.3) is 5.56 Å². The normalized spacial score (nSPS) is 10.8. The fraction of sp³-hybridized carbons (Fsp3) is 0.263. The van der Waals surface area contributed by atoms with Crippen LogP contribution in [0.4, 0.5) is 4.79 Å². The lowest BCUT2D eigenvalue weighted by molar-refractivity contribution is 0.0462. The number of benzene rings is 1. The van der Waals surface area contributed by atoms with E-state index in [9.17, 15) is 14.4 Å². The molecule has 0 radical (unpaired) electrons. The molecule has 3 rings (SSSR count). The van der Waals surface area contributed by atoms with Crippen LogP contribution in [0.3, 0.4) is 0 Å². The first-order valence-corrected chi connectivity index (χ1v) is 9.57. The first-order valence-electron chi connectivity index (χ1n) is 8.69. The van der Waals surface area contributed by atoms with Gasteiger partial charge in [0.2, 0.25) is 0 Å². The van der Waals surface area contributed by atoms with E-state index in [0.29, 0.717) is 28.1 Å². The summed E-state index contributed by atoms with van der Waals surface area (Å²) >= 11 is 1.31. The van der Waals surface area contributed by atoms with Gasteiger partial charge in [-0.05, 0) is 43.0 Å². The predicted octanol–water partition coefficient (Wildman–Crippen LogP) is 2.55. The molecule has 0 aliphatic heterocycles. The van der Waals surface area contributed by atoms with Crippen molar-refractivity contribution in [2.45, 2.75) is 33.0 Å². The molecule has 8 nitrogen and oxygen atoms in total. The smallest absolute Gasteiger partial charge is 0.338 e. The van der Waals surface area contributed by atoms with Gasteiger partial charge in [-0.15, -0.1) is 11.3 Å². The number of hydrogen-bond donors (Lipinski definition) is 3. The largest absolute Gasteiger partial charge is 0.454 e. The average molecular weight is 400 g/mol. The van der Waals surface area contributed by atoms with Crippen LogP contribution in [0, 0.1) is 0 Å². The lowest BCUT2D eigenvalue weighted by atomic mass is 10.1. The number of aromatic amines is 1. The van der Waals surface area contributed by atoms with Crippen molar-refractivity contribution in [1.82, 2.24) is 20.6 Å². The number of hydrogen-bond acceptors (Lipinski definition) is 6. The maximum Gasteiger partial charge on any atom is 0.338 e. The van der Waals surface area contributed by atoms with Crippen LogP contribution in [0.5, 0.6) is 0 Å². The topological polar surface area (TPSA) is 113 Å². The molecule has 1 aromatic carbocycles. The Hall–Kier alpha value is -3.20. The maximum absolute atomic E-state index is 12.2.